The van der Waals surface area contributed by atoms with E-state index in [4.69, 9.17) is 16.6 Å². The number of aryl methyl sites for hydroxylation is 1. The van der Waals surface area contributed by atoms with Crippen LogP contribution < -0.4 is 15.8 Å². The van der Waals surface area contributed by atoms with Crippen LogP contribution in [0.2, 0.25) is 5.15 Å². The first-order valence-electron chi connectivity index (χ1n) is 11.1. The molecule has 0 saturated heterocycles. The monoisotopic (exact) mass is 490 g/mol. The molecule has 1 atom stereocenters. The Balaban J connectivity index is 1.60. The lowest BCUT2D eigenvalue weighted by molar-refractivity contribution is 0.0691. The first kappa shape index (κ1) is 22.8. The fraction of sp³-hybridized carbons (Fsp3) is 0.240. The van der Waals surface area contributed by atoms with Crippen molar-refractivity contribution in [1.82, 2.24) is 19.5 Å². The highest BCUT2D eigenvalue weighted by molar-refractivity contribution is 6.29. The molecule has 0 saturated carbocycles. The van der Waals surface area contributed by atoms with E-state index >= 15 is 0 Å². The fourth-order valence-corrected chi connectivity index (χ4v) is 4.67. The maximum absolute atomic E-state index is 13.4. The maximum Gasteiger partial charge on any atom is 0.356 e. The molecule has 1 aromatic carbocycles. The van der Waals surface area contributed by atoms with Crippen LogP contribution in [0.25, 0.3) is 10.9 Å². The smallest absolute Gasteiger partial charge is 0.356 e. The largest absolute Gasteiger partial charge is 0.476 e. The van der Waals surface area contributed by atoms with Gasteiger partial charge in [0.2, 0.25) is 5.95 Å². The van der Waals surface area contributed by atoms with E-state index in [1.807, 2.05) is 43.0 Å². The Bertz CT molecular complexity index is 1530. The predicted octanol–water partition coefficient (Wildman–Crippen LogP) is 4.08. The Morgan fingerprint density at radius 3 is 2.74 bits per heavy atom. The summed E-state index contributed by atoms with van der Waals surface area (Å²) >= 11 is 5.90. The van der Waals surface area contributed by atoms with E-state index in [0.29, 0.717) is 35.6 Å². The summed E-state index contributed by atoms with van der Waals surface area (Å²) < 4.78 is 1.57. The third-order valence-corrected chi connectivity index (χ3v) is 6.41. The molecule has 5 rings (SSSR count). The van der Waals surface area contributed by atoms with Crippen LogP contribution in [0, 0.1) is 6.92 Å². The molecule has 3 aromatic heterocycles. The summed E-state index contributed by atoms with van der Waals surface area (Å²) in [6, 6.07) is 10.5. The quantitative estimate of drug-likeness (QED) is 0.402. The standard InChI is InChI=1S/C25H23ClN6O3/c1-13-9-16(14(2)28-18-6-7-20(26)29-22(18)24(34)35)21-17(10-13)23(33)31(3)25(30-21)32-11-15-5-4-8-27-19(15)12-32/h4-10,14,28H,11-12H2,1-3H3,(H,34,35)/t14-/m0/s1. The molecule has 0 unspecified atom stereocenters. The Morgan fingerprint density at radius 1 is 1.20 bits per heavy atom. The number of aromatic carboxylic acids is 1. The van der Waals surface area contributed by atoms with Gasteiger partial charge in [-0.1, -0.05) is 23.7 Å². The Labute approximate surface area is 206 Å². The van der Waals surface area contributed by atoms with Crippen molar-refractivity contribution >= 4 is 40.1 Å². The topological polar surface area (TPSA) is 113 Å². The highest BCUT2D eigenvalue weighted by Crippen LogP contribution is 2.31. The van der Waals surface area contributed by atoms with Gasteiger partial charge in [0.05, 0.1) is 34.9 Å². The molecule has 4 heterocycles. The van der Waals surface area contributed by atoms with Crippen molar-refractivity contribution in [2.45, 2.75) is 33.0 Å². The van der Waals surface area contributed by atoms with Crippen LogP contribution in [0.3, 0.4) is 0 Å². The first-order chi connectivity index (χ1) is 16.7. The lowest BCUT2D eigenvalue weighted by atomic mass is 10.0. The third kappa shape index (κ3) is 4.08. The van der Waals surface area contributed by atoms with Gasteiger partial charge < -0.3 is 15.3 Å². The molecule has 0 amide bonds. The number of hydrogen-bond donors (Lipinski definition) is 2. The molecule has 178 valence electrons. The Kier molecular flexibility index (Phi) is 5.64. The van der Waals surface area contributed by atoms with E-state index in [9.17, 15) is 14.7 Å². The number of carbonyl (C=O) groups is 1. The molecule has 0 bridgehead atoms. The summed E-state index contributed by atoms with van der Waals surface area (Å²) in [5.41, 5.74) is 4.33. The fourth-order valence-electron chi connectivity index (χ4n) is 4.52. The normalized spacial score (nSPS) is 13.7. The Hall–Kier alpha value is -3.98. The van der Waals surface area contributed by atoms with Crippen molar-refractivity contribution in [3.05, 3.63) is 86.2 Å². The molecule has 2 N–H and O–H groups in total. The van der Waals surface area contributed by atoms with Gasteiger partial charge in [-0.05, 0) is 49.2 Å². The summed E-state index contributed by atoms with van der Waals surface area (Å²) in [6.45, 7) is 4.99. The van der Waals surface area contributed by atoms with E-state index in [-0.39, 0.29) is 22.4 Å². The van der Waals surface area contributed by atoms with Gasteiger partial charge in [-0.15, -0.1) is 0 Å². The van der Waals surface area contributed by atoms with Gasteiger partial charge in [0.1, 0.15) is 5.15 Å². The number of pyridine rings is 2. The first-order valence-corrected chi connectivity index (χ1v) is 11.5. The van der Waals surface area contributed by atoms with Crippen molar-refractivity contribution in [3.63, 3.8) is 0 Å². The lowest BCUT2D eigenvalue weighted by Gasteiger charge is -2.23. The number of carboxylic acid groups (broad SMARTS) is 1. The van der Waals surface area contributed by atoms with Gasteiger partial charge in [-0.25, -0.2) is 14.8 Å². The SMILES string of the molecule is Cc1cc([C@H](C)Nc2ccc(Cl)nc2C(=O)O)c2nc(N3Cc4cccnc4C3)n(C)c(=O)c2c1. The van der Waals surface area contributed by atoms with Gasteiger partial charge in [0.15, 0.2) is 5.69 Å². The average Bonchev–Trinajstić information content (AvgIpc) is 3.26. The van der Waals surface area contributed by atoms with Crippen molar-refractivity contribution in [2.75, 3.05) is 10.2 Å². The van der Waals surface area contributed by atoms with Gasteiger partial charge in [-0.2, -0.15) is 0 Å². The number of benzene rings is 1. The van der Waals surface area contributed by atoms with E-state index in [1.165, 1.54) is 6.07 Å². The number of fused-ring (bicyclic) bond motifs is 2. The molecule has 10 heteroatoms. The number of halogens is 1. The zero-order chi connectivity index (χ0) is 24.9. The highest BCUT2D eigenvalue weighted by atomic mass is 35.5. The second-order valence-corrected chi connectivity index (χ2v) is 9.08. The molecule has 0 aliphatic carbocycles. The average molecular weight is 491 g/mol. The van der Waals surface area contributed by atoms with Crippen molar-refractivity contribution in [3.8, 4) is 0 Å². The van der Waals surface area contributed by atoms with E-state index < -0.39 is 5.97 Å². The maximum atomic E-state index is 13.4. The number of nitrogens with zero attached hydrogens (tertiary/aromatic N) is 5. The molecular weight excluding hydrogens is 468 g/mol. The number of hydrogen-bond acceptors (Lipinski definition) is 7. The number of rotatable bonds is 5. The predicted molar refractivity (Wildman–Crippen MR) is 134 cm³/mol. The van der Waals surface area contributed by atoms with Gasteiger partial charge in [0, 0.05) is 25.4 Å². The van der Waals surface area contributed by atoms with E-state index in [2.05, 4.69) is 15.3 Å². The zero-order valence-electron chi connectivity index (χ0n) is 19.4. The molecule has 0 spiro atoms. The summed E-state index contributed by atoms with van der Waals surface area (Å²) in [7, 11) is 1.72. The molecule has 0 radical (unpaired) electrons. The number of anilines is 2. The van der Waals surface area contributed by atoms with Crippen molar-refractivity contribution < 1.29 is 9.90 Å². The van der Waals surface area contributed by atoms with Crippen LogP contribution in [-0.2, 0) is 20.1 Å². The molecule has 35 heavy (non-hydrogen) atoms. The molecule has 0 fully saturated rings. The minimum absolute atomic E-state index is 0.0949. The Morgan fingerprint density at radius 2 is 2.00 bits per heavy atom. The zero-order valence-corrected chi connectivity index (χ0v) is 20.2. The van der Waals surface area contributed by atoms with E-state index in [0.717, 1.165) is 22.4 Å². The van der Waals surface area contributed by atoms with Gasteiger partial charge in [0.25, 0.3) is 5.56 Å². The molecular formula is C25H23ClN6O3. The second kappa shape index (κ2) is 8.66. The lowest BCUT2D eigenvalue weighted by Crippen LogP contribution is -2.28. The van der Waals surface area contributed by atoms with Crippen LogP contribution in [0.4, 0.5) is 11.6 Å². The third-order valence-electron chi connectivity index (χ3n) is 6.20. The van der Waals surface area contributed by atoms with Crippen LogP contribution in [-0.4, -0.2) is 30.6 Å². The minimum atomic E-state index is -1.19. The van der Waals surface area contributed by atoms with Gasteiger partial charge in [-0.3, -0.25) is 14.3 Å². The van der Waals surface area contributed by atoms with Crippen molar-refractivity contribution in [1.29, 1.82) is 0 Å². The van der Waals surface area contributed by atoms with Crippen LogP contribution in [0.1, 0.15) is 45.8 Å². The number of carboxylic acids is 1. The summed E-state index contributed by atoms with van der Waals surface area (Å²) in [5, 5.41) is 13.4. The number of aromatic nitrogens is 4. The van der Waals surface area contributed by atoms with Crippen LogP contribution >= 0.6 is 11.6 Å². The van der Waals surface area contributed by atoms with Gasteiger partial charge >= 0.3 is 5.97 Å². The molecule has 9 nitrogen and oxygen atoms in total. The molecule has 1 aliphatic rings. The van der Waals surface area contributed by atoms with Crippen molar-refractivity contribution in [2.24, 2.45) is 7.05 Å². The minimum Gasteiger partial charge on any atom is -0.476 e. The summed E-state index contributed by atoms with van der Waals surface area (Å²) in [6.07, 6.45) is 1.76. The highest BCUT2D eigenvalue weighted by Gasteiger charge is 2.25. The van der Waals surface area contributed by atoms with E-state index in [1.54, 1.807) is 23.9 Å². The van der Waals surface area contributed by atoms with Crippen LogP contribution in [0.15, 0.2) is 47.4 Å². The summed E-state index contributed by atoms with van der Waals surface area (Å²) in [5.74, 6) is -0.634. The van der Waals surface area contributed by atoms with Crippen LogP contribution in [0.5, 0.6) is 0 Å². The number of nitrogens with one attached hydrogen (secondary N) is 1. The second-order valence-electron chi connectivity index (χ2n) is 8.69. The molecule has 1 aliphatic heterocycles. The summed E-state index contributed by atoms with van der Waals surface area (Å²) in [4.78, 5) is 40.5. The molecule has 4 aromatic rings.